The Morgan fingerprint density at radius 1 is 1.10 bits per heavy atom. The van der Waals surface area contributed by atoms with Crippen molar-refractivity contribution in [2.24, 2.45) is 0 Å². The van der Waals surface area contributed by atoms with E-state index in [1.54, 1.807) is 18.2 Å². The maximum Gasteiger partial charge on any atom is 0.264 e. The number of halogens is 1. The maximum atomic E-state index is 13.6. The molecule has 0 aromatic heterocycles. The molecule has 0 bridgehead atoms. The number of anilines is 1. The van der Waals surface area contributed by atoms with Crippen molar-refractivity contribution in [3.05, 3.63) is 59.9 Å². The van der Waals surface area contributed by atoms with E-state index >= 15 is 0 Å². The van der Waals surface area contributed by atoms with Gasteiger partial charge in [0.15, 0.2) is 0 Å². The Kier molecular flexibility index (Phi) is 4.59. The van der Waals surface area contributed by atoms with E-state index in [1.807, 2.05) is 20.0 Å². The van der Waals surface area contributed by atoms with Crippen molar-refractivity contribution in [3.63, 3.8) is 0 Å². The standard InChI is InChI=1S/C15H17FN2O2S/c1-11(17-2)12-6-5-7-13(10-12)18-21(19,20)15-9-4-3-8-14(15)16/h3-11,17-18H,1-2H3. The molecule has 1 unspecified atom stereocenters. The molecule has 2 N–H and O–H groups in total. The molecule has 0 radical (unpaired) electrons. The minimum atomic E-state index is -3.94. The summed E-state index contributed by atoms with van der Waals surface area (Å²) in [5.41, 5.74) is 1.34. The molecular formula is C15H17FN2O2S. The van der Waals surface area contributed by atoms with Crippen LogP contribution in [0.3, 0.4) is 0 Å². The second kappa shape index (κ2) is 6.24. The lowest BCUT2D eigenvalue weighted by molar-refractivity contribution is 0.570. The molecule has 0 saturated heterocycles. The van der Waals surface area contributed by atoms with Crippen LogP contribution in [0, 0.1) is 5.82 Å². The predicted octanol–water partition coefficient (Wildman–Crippen LogP) is 2.91. The first-order chi connectivity index (χ1) is 9.94. The summed E-state index contributed by atoms with van der Waals surface area (Å²) in [7, 11) is -2.12. The zero-order chi connectivity index (χ0) is 15.5. The van der Waals surface area contributed by atoms with Crippen molar-refractivity contribution in [2.45, 2.75) is 17.9 Å². The minimum Gasteiger partial charge on any atom is -0.313 e. The highest BCUT2D eigenvalue weighted by Gasteiger charge is 2.18. The first-order valence-corrected chi connectivity index (χ1v) is 7.97. The normalized spacial score (nSPS) is 12.9. The van der Waals surface area contributed by atoms with Crippen LogP contribution in [-0.4, -0.2) is 15.5 Å². The topological polar surface area (TPSA) is 58.2 Å². The van der Waals surface area contributed by atoms with Crippen LogP contribution in [0.1, 0.15) is 18.5 Å². The molecule has 2 rings (SSSR count). The van der Waals surface area contributed by atoms with Crippen LogP contribution in [0.5, 0.6) is 0 Å². The second-order valence-electron chi connectivity index (χ2n) is 4.67. The molecule has 2 aromatic rings. The highest BCUT2D eigenvalue weighted by atomic mass is 32.2. The van der Waals surface area contributed by atoms with Crippen molar-refractivity contribution in [2.75, 3.05) is 11.8 Å². The van der Waals surface area contributed by atoms with E-state index < -0.39 is 15.8 Å². The summed E-state index contributed by atoms with van der Waals surface area (Å²) in [4.78, 5) is -0.364. The number of sulfonamides is 1. The summed E-state index contributed by atoms with van der Waals surface area (Å²) < 4.78 is 40.4. The first-order valence-electron chi connectivity index (χ1n) is 6.48. The largest absolute Gasteiger partial charge is 0.313 e. The van der Waals surface area contributed by atoms with Crippen LogP contribution in [0.15, 0.2) is 53.4 Å². The van der Waals surface area contributed by atoms with Gasteiger partial charge in [-0.1, -0.05) is 24.3 Å². The molecule has 0 aliphatic heterocycles. The molecule has 1 atom stereocenters. The van der Waals surface area contributed by atoms with Gasteiger partial charge in [0.05, 0.1) is 0 Å². The smallest absolute Gasteiger partial charge is 0.264 e. The molecular weight excluding hydrogens is 291 g/mol. The lowest BCUT2D eigenvalue weighted by Crippen LogP contribution is -2.16. The van der Waals surface area contributed by atoms with Crippen molar-refractivity contribution in [1.82, 2.24) is 5.32 Å². The van der Waals surface area contributed by atoms with Gasteiger partial charge < -0.3 is 5.32 Å². The summed E-state index contributed by atoms with van der Waals surface area (Å²) in [5.74, 6) is -0.773. The molecule has 4 nitrogen and oxygen atoms in total. The van der Waals surface area contributed by atoms with Crippen molar-refractivity contribution < 1.29 is 12.8 Å². The van der Waals surface area contributed by atoms with E-state index in [9.17, 15) is 12.8 Å². The molecule has 0 heterocycles. The van der Waals surface area contributed by atoms with Crippen LogP contribution >= 0.6 is 0 Å². The van der Waals surface area contributed by atoms with E-state index in [2.05, 4.69) is 10.0 Å². The molecule has 0 saturated carbocycles. The molecule has 0 fully saturated rings. The van der Waals surface area contributed by atoms with E-state index in [-0.39, 0.29) is 10.9 Å². The summed E-state index contributed by atoms with van der Waals surface area (Å²) in [5, 5.41) is 3.07. The Balaban J connectivity index is 2.31. The average molecular weight is 308 g/mol. The summed E-state index contributed by atoms with van der Waals surface area (Å²) in [6.45, 7) is 1.96. The molecule has 0 amide bonds. The van der Waals surface area contributed by atoms with Gasteiger partial charge >= 0.3 is 0 Å². The molecule has 21 heavy (non-hydrogen) atoms. The molecule has 2 aromatic carbocycles. The van der Waals surface area contributed by atoms with Gasteiger partial charge in [0.1, 0.15) is 10.7 Å². The number of benzene rings is 2. The zero-order valence-electron chi connectivity index (χ0n) is 11.8. The van der Waals surface area contributed by atoms with Crippen LogP contribution in [0.4, 0.5) is 10.1 Å². The Morgan fingerprint density at radius 3 is 2.48 bits per heavy atom. The van der Waals surface area contributed by atoms with Gasteiger partial charge in [0.2, 0.25) is 0 Å². The SMILES string of the molecule is CNC(C)c1cccc(NS(=O)(=O)c2ccccc2F)c1. The molecule has 112 valence electrons. The number of hydrogen-bond acceptors (Lipinski definition) is 3. The van der Waals surface area contributed by atoms with E-state index in [4.69, 9.17) is 0 Å². The first kappa shape index (κ1) is 15.5. The van der Waals surface area contributed by atoms with Gasteiger partial charge in [-0.05, 0) is 43.8 Å². The van der Waals surface area contributed by atoms with Crippen LogP contribution in [0.2, 0.25) is 0 Å². The van der Waals surface area contributed by atoms with E-state index in [1.165, 1.54) is 18.2 Å². The van der Waals surface area contributed by atoms with Gasteiger partial charge in [-0.25, -0.2) is 12.8 Å². The summed E-state index contributed by atoms with van der Waals surface area (Å²) >= 11 is 0. The van der Waals surface area contributed by atoms with Gasteiger partial charge in [0.25, 0.3) is 10.0 Å². The summed E-state index contributed by atoms with van der Waals surface area (Å²) in [6, 6.07) is 12.4. The Morgan fingerprint density at radius 2 is 1.81 bits per heavy atom. The van der Waals surface area contributed by atoms with E-state index in [0.717, 1.165) is 11.6 Å². The lowest BCUT2D eigenvalue weighted by atomic mass is 10.1. The fraction of sp³-hybridized carbons (Fsp3) is 0.200. The van der Waals surface area contributed by atoms with Crippen molar-refractivity contribution >= 4 is 15.7 Å². The second-order valence-corrected chi connectivity index (χ2v) is 6.32. The lowest BCUT2D eigenvalue weighted by Gasteiger charge is -2.13. The minimum absolute atomic E-state index is 0.0860. The fourth-order valence-corrected chi connectivity index (χ4v) is 3.04. The highest BCUT2D eigenvalue weighted by molar-refractivity contribution is 7.92. The average Bonchev–Trinajstić information content (AvgIpc) is 2.46. The molecule has 0 spiro atoms. The molecule has 0 aliphatic rings. The molecule has 6 heteroatoms. The van der Waals surface area contributed by atoms with Crippen molar-refractivity contribution in [1.29, 1.82) is 0 Å². The van der Waals surface area contributed by atoms with Crippen LogP contribution in [0.25, 0.3) is 0 Å². The number of nitrogens with one attached hydrogen (secondary N) is 2. The number of rotatable bonds is 5. The third-order valence-corrected chi connectivity index (χ3v) is 4.61. The van der Waals surface area contributed by atoms with E-state index in [0.29, 0.717) is 5.69 Å². The maximum absolute atomic E-state index is 13.6. The Labute approximate surface area is 124 Å². The van der Waals surface area contributed by atoms with Crippen molar-refractivity contribution in [3.8, 4) is 0 Å². The van der Waals surface area contributed by atoms with Gasteiger partial charge in [-0.15, -0.1) is 0 Å². The highest BCUT2D eigenvalue weighted by Crippen LogP contribution is 2.21. The Bertz CT molecular complexity index is 732. The van der Waals surface area contributed by atoms with Gasteiger partial charge in [0, 0.05) is 11.7 Å². The summed E-state index contributed by atoms with van der Waals surface area (Å²) in [6.07, 6.45) is 0. The number of hydrogen-bond donors (Lipinski definition) is 2. The predicted molar refractivity (Wildman–Crippen MR) is 81.1 cm³/mol. The third kappa shape index (κ3) is 3.59. The Hall–Kier alpha value is -1.92. The monoisotopic (exact) mass is 308 g/mol. The zero-order valence-corrected chi connectivity index (χ0v) is 12.6. The molecule has 0 aliphatic carbocycles. The van der Waals surface area contributed by atoms with Gasteiger partial charge in [-0.2, -0.15) is 0 Å². The third-order valence-electron chi connectivity index (χ3n) is 3.20. The van der Waals surface area contributed by atoms with Crippen LogP contribution < -0.4 is 10.0 Å². The quantitative estimate of drug-likeness (QED) is 0.893. The fourth-order valence-electron chi connectivity index (χ4n) is 1.91. The van der Waals surface area contributed by atoms with Gasteiger partial charge in [-0.3, -0.25) is 4.72 Å². The van der Waals surface area contributed by atoms with Crippen LogP contribution in [-0.2, 0) is 10.0 Å².